The number of benzene rings is 15. The molecule has 0 spiro atoms. The predicted octanol–water partition coefficient (Wildman–Crippen LogP) is 24.2. The SMILES string of the molecule is Brc1c2ccccc2c(Br)c2ccccc12.C.CC1(C)OB(c2cc3ccccc3cc2-c2ccccc2)OC1(C)C.[2HH].c1ccc(-c2cc3ccccc3cc2-c2ccc(-c3cc4ccccc4cc3-c3ccccc3)c3cc4ccccc4cc23)cc1. The highest BCUT2D eigenvalue weighted by Gasteiger charge is 2.52. The summed E-state index contributed by atoms with van der Waals surface area (Å²) in [7, 11) is -0.371. The van der Waals surface area contributed by atoms with E-state index in [9.17, 15) is 0 Å². The van der Waals surface area contributed by atoms with Crippen molar-refractivity contribution in [3.63, 3.8) is 0 Å². The van der Waals surface area contributed by atoms with Crippen molar-refractivity contribution in [2.45, 2.75) is 46.3 Å². The number of halogens is 2. The minimum absolute atomic E-state index is 0. The Labute approximate surface area is 535 Å². The fourth-order valence-electron chi connectivity index (χ4n) is 12.5. The van der Waals surface area contributed by atoms with E-state index in [0.29, 0.717) is 0 Å². The normalized spacial score (nSPS) is 13.3. The number of hydrogen-bond donors (Lipinski definition) is 0. The predicted molar refractivity (Wildman–Crippen MR) is 389 cm³/mol. The lowest BCUT2D eigenvalue weighted by atomic mass is 9.73. The maximum Gasteiger partial charge on any atom is 0.495 e. The molecule has 15 aromatic carbocycles. The summed E-state index contributed by atoms with van der Waals surface area (Å²) >= 11 is 7.39. The van der Waals surface area contributed by atoms with Crippen LogP contribution in [0.3, 0.4) is 0 Å². The van der Waals surface area contributed by atoms with Crippen molar-refractivity contribution < 1.29 is 10.7 Å². The maximum atomic E-state index is 6.34. The van der Waals surface area contributed by atoms with Crippen LogP contribution in [0.4, 0.5) is 0 Å². The Balaban J connectivity index is 0.000000149. The van der Waals surface area contributed by atoms with Gasteiger partial charge >= 0.3 is 7.12 Å². The molecule has 0 N–H and O–H groups in total. The number of fused-ring (bicyclic) bond motifs is 7. The van der Waals surface area contributed by atoms with E-state index in [-0.39, 0.29) is 27.2 Å². The van der Waals surface area contributed by atoms with E-state index in [4.69, 9.17) is 9.31 Å². The molecule has 5 heteroatoms. The molecule has 15 aromatic rings. The molecular weight excluding hydrogens is 1200 g/mol. The van der Waals surface area contributed by atoms with Crippen LogP contribution in [0.25, 0.3) is 131 Å². The molecule has 1 aliphatic rings. The first-order valence-corrected chi connectivity index (χ1v) is 31.4. The zero-order valence-electron chi connectivity index (χ0n) is 48.9. The summed E-state index contributed by atoms with van der Waals surface area (Å²) in [5, 5.41) is 17.4. The standard InChI is InChI=1S/C46H30.C22H23BO2.C14H8Br2.CH4.H2/c1-3-13-31(14-4-1)41-25-33-17-7-9-19-35(33)27-43(41)39-23-24-40(46-30-38-22-12-11-21-37(38)29-45(39)46)44-28-36-20-10-8-18-34(36)26-42(44)32-15-5-2-6-16-32;1-21(2)22(3,4)25-23(24-21)20-15-18-13-9-8-12-17(18)14-19(20)16-10-6-5-7-11-16;15-13-9-5-1-2-6-10(9)14(16)12-8-4-3-7-11(12)13;;/h1-30H;5-15H,1-4H3;1-8H;1H4;1H/i;;;;1+1. The molecule has 428 valence electrons. The summed E-state index contributed by atoms with van der Waals surface area (Å²) in [6, 6.07) is 107. The van der Waals surface area contributed by atoms with Gasteiger partial charge < -0.3 is 9.31 Å². The average molecular weight is 1270 g/mol. The van der Waals surface area contributed by atoms with Gasteiger partial charge in [0.2, 0.25) is 0 Å². The zero-order valence-corrected chi connectivity index (χ0v) is 52.1. The van der Waals surface area contributed by atoms with Gasteiger partial charge in [0, 0.05) is 10.4 Å². The van der Waals surface area contributed by atoms with Crippen molar-refractivity contribution in [3.8, 4) is 55.6 Å². The molecule has 88 heavy (non-hydrogen) atoms. The van der Waals surface area contributed by atoms with Crippen LogP contribution < -0.4 is 5.46 Å². The van der Waals surface area contributed by atoms with Gasteiger partial charge in [0.05, 0.1) is 11.2 Å². The van der Waals surface area contributed by atoms with Gasteiger partial charge in [0.25, 0.3) is 0 Å². The third kappa shape index (κ3) is 11.0. The van der Waals surface area contributed by atoms with Gasteiger partial charge in [0.15, 0.2) is 0 Å². The molecule has 2 nitrogen and oxygen atoms in total. The first-order valence-electron chi connectivity index (χ1n) is 29.8. The van der Waals surface area contributed by atoms with E-state index in [0.717, 1.165) is 11.0 Å². The molecule has 0 saturated carbocycles. The van der Waals surface area contributed by atoms with Gasteiger partial charge in [-0.15, -0.1) is 0 Å². The second-order valence-corrected chi connectivity index (χ2v) is 25.2. The summed E-state index contributed by atoms with van der Waals surface area (Å²) in [5.41, 5.74) is 12.7. The Morgan fingerprint density at radius 2 is 0.511 bits per heavy atom. The Bertz CT molecular complexity index is 4770. The zero-order chi connectivity index (χ0) is 59.2. The molecular formula is C83H67BBr2O2. The molecule has 0 atom stereocenters. The summed E-state index contributed by atoms with van der Waals surface area (Å²) in [4.78, 5) is 0. The van der Waals surface area contributed by atoms with Crippen molar-refractivity contribution in [3.05, 3.63) is 306 Å². The third-order valence-corrected chi connectivity index (χ3v) is 19.4. The number of rotatable bonds is 6. The van der Waals surface area contributed by atoms with Gasteiger partial charge in [-0.3, -0.25) is 0 Å². The van der Waals surface area contributed by atoms with Crippen LogP contribution >= 0.6 is 31.9 Å². The van der Waals surface area contributed by atoms with Crippen LogP contribution in [0.2, 0.25) is 0 Å². The quantitative estimate of drug-likeness (QED) is 0.122. The second-order valence-electron chi connectivity index (χ2n) is 23.6. The van der Waals surface area contributed by atoms with Gasteiger partial charge in [-0.2, -0.15) is 0 Å². The van der Waals surface area contributed by atoms with Crippen molar-refractivity contribution in [2.75, 3.05) is 0 Å². The van der Waals surface area contributed by atoms with Gasteiger partial charge in [-0.25, -0.2) is 0 Å². The minimum Gasteiger partial charge on any atom is -0.399 e. The molecule has 0 amide bonds. The van der Waals surface area contributed by atoms with E-state index in [1.807, 2.05) is 6.07 Å². The molecule has 1 heterocycles. The molecule has 1 fully saturated rings. The summed E-state index contributed by atoms with van der Waals surface area (Å²) in [6.45, 7) is 8.37. The first kappa shape index (κ1) is 58.1. The summed E-state index contributed by atoms with van der Waals surface area (Å²) < 4.78 is 15.0. The summed E-state index contributed by atoms with van der Waals surface area (Å²) in [5.74, 6) is 0. The molecule has 0 unspecified atom stereocenters. The first-order chi connectivity index (χ1) is 42.5. The van der Waals surface area contributed by atoms with Gasteiger partial charge in [-0.1, -0.05) is 262 Å². The van der Waals surface area contributed by atoms with E-state index in [2.05, 4.69) is 351 Å². The van der Waals surface area contributed by atoms with Crippen molar-refractivity contribution in [1.82, 2.24) is 0 Å². The van der Waals surface area contributed by atoms with E-state index in [1.165, 1.54) is 134 Å². The highest BCUT2D eigenvalue weighted by molar-refractivity contribution is 9.11. The molecule has 0 bridgehead atoms. The number of hydrogen-bond acceptors (Lipinski definition) is 2. The Morgan fingerprint density at radius 3 is 0.841 bits per heavy atom. The lowest BCUT2D eigenvalue weighted by molar-refractivity contribution is 0.00578. The fraction of sp³-hybridized carbons (Fsp3) is 0.0843. The second kappa shape index (κ2) is 24.3. The Morgan fingerprint density at radius 1 is 0.261 bits per heavy atom. The van der Waals surface area contributed by atoms with Crippen molar-refractivity contribution in [1.29, 1.82) is 0 Å². The van der Waals surface area contributed by atoms with Crippen LogP contribution in [-0.4, -0.2) is 18.3 Å². The van der Waals surface area contributed by atoms with Crippen LogP contribution in [0.5, 0.6) is 0 Å². The lowest BCUT2D eigenvalue weighted by Gasteiger charge is -2.32. The van der Waals surface area contributed by atoms with E-state index in [1.54, 1.807) is 0 Å². The highest BCUT2D eigenvalue weighted by atomic mass is 79.9. The lowest BCUT2D eigenvalue weighted by Crippen LogP contribution is -2.41. The fourth-order valence-corrected chi connectivity index (χ4v) is 13.8. The summed E-state index contributed by atoms with van der Waals surface area (Å²) in [6.07, 6.45) is 0. The topological polar surface area (TPSA) is 18.5 Å². The average Bonchev–Trinajstić information content (AvgIpc) is 1.81. The molecule has 1 aliphatic heterocycles. The Kier molecular flexibility index (Phi) is 16.1. The maximum absolute atomic E-state index is 6.34. The Hall–Kier alpha value is -8.94. The van der Waals surface area contributed by atoms with Gasteiger partial charge in [0.1, 0.15) is 0 Å². The van der Waals surface area contributed by atoms with E-state index >= 15 is 0 Å². The molecule has 0 aromatic heterocycles. The molecule has 0 aliphatic carbocycles. The van der Waals surface area contributed by atoms with Crippen molar-refractivity contribution in [2.24, 2.45) is 0 Å². The van der Waals surface area contributed by atoms with Crippen molar-refractivity contribution >= 4 is 120 Å². The van der Waals surface area contributed by atoms with Crippen LogP contribution in [0.1, 0.15) is 36.5 Å². The minimum atomic E-state index is -0.371. The van der Waals surface area contributed by atoms with Crippen LogP contribution in [0, 0.1) is 0 Å². The van der Waals surface area contributed by atoms with Crippen LogP contribution in [-0.2, 0) is 9.31 Å². The molecule has 1 saturated heterocycles. The van der Waals surface area contributed by atoms with E-state index < -0.39 is 0 Å². The third-order valence-electron chi connectivity index (χ3n) is 17.7. The molecule has 16 rings (SSSR count). The van der Waals surface area contributed by atoms with Crippen LogP contribution in [0.15, 0.2) is 306 Å². The molecule has 0 radical (unpaired) electrons. The smallest absolute Gasteiger partial charge is 0.399 e. The highest BCUT2D eigenvalue weighted by Crippen LogP contribution is 2.46. The monoisotopic (exact) mass is 1270 g/mol. The van der Waals surface area contributed by atoms with Gasteiger partial charge in [-0.05, 0) is 239 Å². The largest absolute Gasteiger partial charge is 0.495 e.